The lowest BCUT2D eigenvalue weighted by Gasteiger charge is -2.04. The van der Waals surface area contributed by atoms with Gasteiger partial charge < -0.3 is 9.84 Å². The highest BCUT2D eigenvalue weighted by Crippen LogP contribution is 2.54. The van der Waals surface area contributed by atoms with E-state index < -0.39 is 0 Å². The molecule has 1 unspecified atom stereocenters. The Kier molecular flexibility index (Phi) is 5.93. The molecule has 2 atom stereocenters. The molecule has 2 aromatic rings. The molecule has 0 amide bonds. The maximum Gasteiger partial charge on any atom is 0.337 e. The van der Waals surface area contributed by atoms with Gasteiger partial charge in [0, 0.05) is 4.47 Å². The third kappa shape index (κ3) is 4.42. The zero-order chi connectivity index (χ0) is 16.8. The molecule has 5 heteroatoms. The predicted octanol–water partition coefficient (Wildman–Crippen LogP) is 4.21. The lowest BCUT2D eigenvalue weighted by molar-refractivity contribution is -0.122. The van der Waals surface area contributed by atoms with Gasteiger partial charge in [-0.05, 0) is 53.6 Å². The SMILES string of the molecule is COC(=O)c1ccc([C@H]2CC2c2cccc(Br)c2)cc1.O=CO. The van der Waals surface area contributed by atoms with Crippen LogP contribution in [0.15, 0.2) is 53.0 Å². The molecule has 1 N–H and O–H groups in total. The Labute approximate surface area is 143 Å². The Morgan fingerprint density at radius 1 is 1.17 bits per heavy atom. The summed E-state index contributed by atoms with van der Waals surface area (Å²) in [6.45, 7) is -0.250. The quantitative estimate of drug-likeness (QED) is 0.643. The predicted molar refractivity (Wildman–Crippen MR) is 90.7 cm³/mol. The first-order valence-electron chi connectivity index (χ1n) is 7.12. The summed E-state index contributed by atoms with van der Waals surface area (Å²) < 4.78 is 5.84. The number of methoxy groups -OCH3 is 1. The number of carbonyl (C=O) groups excluding carboxylic acids is 1. The van der Waals surface area contributed by atoms with Crippen molar-refractivity contribution in [1.82, 2.24) is 0 Å². The van der Waals surface area contributed by atoms with Crippen molar-refractivity contribution in [3.63, 3.8) is 0 Å². The Morgan fingerprint density at radius 2 is 1.78 bits per heavy atom. The lowest BCUT2D eigenvalue weighted by Crippen LogP contribution is -2.00. The first-order chi connectivity index (χ1) is 11.1. The van der Waals surface area contributed by atoms with Crippen molar-refractivity contribution in [2.75, 3.05) is 7.11 Å². The standard InChI is InChI=1S/C17H15BrO2.CH2O2/c1-20-17(19)12-7-5-11(6-8-12)15-10-16(15)13-3-2-4-14(18)9-13;2-1-3/h2-9,15-16H,10H2,1H3;1H,(H,2,3)/t15-,16?;/m1./s1. The molecule has 0 heterocycles. The Hall–Kier alpha value is -2.14. The van der Waals surface area contributed by atoms with Crippen LogP contribution in [0.5, 0.6) is 0 Å². The number of ether oxygens (including phenoxy) is 1. The van der Waals surface area contributed by atoms with Gasteiger partial charge in [0.25, 0.3) is 6.47 Å². The van der Waals surface area contributed by atoms with Crippen molar-refractivity contribution in [2.45, 2.75) is 18.3 Å². The highest BCUT2D eigenvalue weighted by molar-refractivity contribution is 9.10. The first-order valence-corrected chi connectivity index (χ1v) is 7.91. The molecule has 0 radical (unpaired) electrons. The average Bonchev–Trinajstić information content (AvgIpc) is 3.36. The van der Waals surface area contributed by atoms with Crippen LogP contribution >= 0.6 is 15.9 Å². The first kappa shape index (κ1) is 17.2. The van der Waals surface area contributed by atoms with Crippen LogP contribution in [0.25, 0.3) is 0 Å². The van der Waals surface area contributed by atoms with E-state index in [-0.39, 0.29) is 12.4 Å². The molecule has 1 aliphatic carbocycles. The van der Waals surface area contributed by atoms with E-state index in [1.54, 1.807) is 0 Å². The minimum absolute atomic E-state index is 0.250. The van der Waals surface area contributed by atoms with Gasteiger partial charge in [-0.3, -0.25) is 4.79 Å². The van der Waals surface area contributed by atoms with Crippen molar-refractivity contribution in [3.8, 4) is 0 Å². The summed E-state index contributed by atoms with van der Waals surface area (Å²) >= 11 is 3.52. The second-order valence-corrected chi connectivity index (χ2v) is 6.14. The molecular formula is C18H17BrO4. The molecule has 4 nitrogen and oxygen atoms in total. The van der Waals surface area contributed by atoms with E-state index in [1.807, 2.05) is 30.3 Å². The second kappa shape index (κ2) is 7.92. The maximum atomic E-state index is 11.4. The zero-order valence-corrected chi connectivity index (χ0v) is 14.2. The van der Waals surface area contributed by atoms with Crippen molar-refractivity contribution in [1.29, 1.82) is 0 Å². The molecule has 0 saturated heterocycles. The van der Waals surface area contributed by atoms with Gasteiger partial charge in [0.2, 0.25) is 0 Å². The van der Waals surface area contributed by atoms with E-state index in [4.69, 9.17) is 14.6 Å². The number of rotatable bonds is 3. The van der Waals surface area contributed by atoms with Gasteiger partial charge in [-0.25, -0.2) is 4.79 Å². The highest BCUT2D eigenvalue weighted by atomic mass is 79.9. The summed E-state index contributed by atoms with van der Waals surface area (Å²) in [5, 5.41) is 6.89. The van der Waals surface area contributed by atoms with Crippen LogP contribution in [0.3, 0.4) is 0 Å². The number of halogens is 1. The van der Waals surface area contributed by atoms with Crippen LogP contribution in [0, 0.1) is 0 Å². The molecule has 0 bridgehead atoms. The zero-order valence-electron chi connectivity index (χ0n) is 12.6. The van der Waals surface area contributed by atoms with Crippen molar-refractivity contribution in [2.24, 2.45) is 0 Å². The Morgan fingerprint density at radius 3 is 2.35 bits per heavy atom. The normalized spacial score (nSPS) is 18.3. The summed E-state index contributed by atoms with van der Waals surface area (Å²) in [6.07, 6.45) is 1.17. The van der Waals surface area contributed by atoms with Crippen molar-refractivity contribution in [3.05, 3.63) is 69.7 Å². The molecule has 0 aliphatic heterocycles. The summed E-state index contributed by atoms with van der Waals surface area (Å²) in [7, 11) is 1.40. The van der Waals surface area contributed by atoms with Gasteiger partial charge in [0.05, 0.1) is 12.7 Å². The highest BCUT2D eigenvalue weighted by Gasteiger charge is 2.39. The van der Waals surface area contributed by atoms with Crippen LogP contribution in [0.1, 0.15) is 39.7 Å². The molecule has 23 heavy (non-hydrogen) atoms. The maximum absolute atomic E-state index is 11.4. The monoisotopic (exact) mass is 376 g/mol. The fraction of sp³-hybridized carbons (Fsp3) is 0.222. The van der Waals surface area contributed by atoms with Crippen LogP contribution in [0.4, 0.5) is 0 Å². The number of hydrogen-bond acceptors (Lipinski definition) is 3. The minimum atomic E-state index is -0.282. The van der Waals surface area contributed by atoms with Crippen LogP contribution in [-0.2, 0) is 9.53 Å². The van der Waals surface area contributed by atoms with E-state index in [0.717, 1.165) is 4.47 Å². The molecule has 120 valence electrons. The molecule has 1 aliphatic rings. The molecule has 2 aromatic carbocycles. The molecule has 0 spiro atoms. The minimum Gasteiger partial charge on any atom is -0.483 e. The second-order valence-electron chi connectivity index (χ2n) is 5.22. The van der Waals surface area contributed by atoms with E-state index in [0.29, 0.717) is 17.4 Å². The smallest absolute Gasteiger partial charge is 0.337 e. The van der Waals surface area contributed by atoms with Gasteiger partial charge in [-0.15, -0.1) is 0 Å². The van der Waals surface area contributed by atoms with E-state index in [1.165, 1.54) is 24.7 Å². The van der Waals surface area contributed by atoms with Crippen LogP contribution in [0.2, 0.25) is 0 Å². The van der Waals surface area contributed by atoms with Crippen LogP contribution in [-0.4, -0.2) is 24.7 Å². The van der Waals surface area contributed by atoms with Gasteiger partial charge in [0.1, 0.15) is 0 Å². The molecule has 0 aromatic heterocycles. The summed E-state index contributed by atoms with van der Waals surface area (Å²) in [5.74, 6) is 0.878. The number of benzene rings is 2. The van der Waals surface area contributed by atoms with E-state index in [2.05, 4.69) is 34.1 Å². The Balaban J connectivity index is 0.000000595. The molecular weight excluding hydrogens is 360 g/mol. The Bertz CT molecular complexity index is 682. The average molecular weight is 377 g/mol. The van der Waals surface area contributed by atoms with Crippen molar-refractivity contribution < 1.29 is 19.4 Å². The molecule has 1 saturated carbocycles. The molecule has 3 rings (SSSR count). The number of esters is 1. The third-order valence-corrected chi connectivity index (χ3v) is 4.32. The number of carbonyl (C=O) groups is 2. The number of hydrogen-bond donors (Lipinski definition) is 1. The largest absolute Gasteiger partial charge is 0.483 e. The van der Waals surface area contributed by atoms with E-state index in [9.17, 15) is 4.79 Å². The topological polar surface area (TPSA) is 63.6 Å². The summed E-state index contributed by atoms with van der Waals surface area (Å²) in [5.41, 5.74) is 3.28. The number of carboxylic acid groups (broad SMARTS) is 1. The van der Waals surface area contributed by atoms with E-state index >= 15 is 0 Å². The third-order valence-electron chi connectivity index (χ3n) is 3.83. The summed E-state index contributed by atoms with van der Waals surface area (Å²) in [6, 6.07) is 16.3. The van der Waals surface area contributed by atoms with Crippen LogP contribution < -0.4 is 0 Å². The van der Waals surface area contributed by atoms with Gasteiger partial charge in [-0.2, -0.15) is 0 Å². The van der Waals surface area contributed by atoms with Gasteiger partial charge in [0.15, 0.2) is 0 Å². The fourth-order valence-corrected chi connectivity index (χ4v) is 3.07. The summed E-state index contributed by atoms with van der Waals surface area (Å²) in [4.78, 5) is 19.8. The van der Waals surface area contributed by atoms with Gasteiger partial charge >= 0.3 is 5.97 Å². The van der Waals surface area contributed by atoms with Gasteiger partial charge in [-0.1, -0.05) is 40.2 Å². The lowest BCUT2D eigenvalue weighted by atomic mass is 10.0. The fourth-order valence-electron chi connectivity index (χ4n) is 2.65. The van der Waals surface area contributed by atoms with Crippen molar-refractivity contribution >= 4 is 28.4 Å². The molecule has 1 fully saturated rings.